The third-order valence-corrected chi connectivity index (χ3v) is 10.3. The maximum atomic E-state index is 12.9. The van der Waals surface area contributed by atoms with Gasteiger partial charge in [0.05, 0.1) is 10.7 Å². The van der Waals surface area contributed by atoms with Gasteiger partial charge < -0.3 is 10.6 Å². The fourth-order valence-electron chi connectivity index (χ4n) is 6.37. The van der Waals surface area contributed by atoms with Crippen LogP contribution >= 0.6 is 11.6 Å². The van der Waals surface area contributed by atoms with Crippen molar-refractivity contribution in [1.29, 1.82) is 0 Å². The summed E-state index contributed by atoms with van der Waals surface area (Å²) in [4.78, 5) is 29.9. The van der Waals surface area contributed by atoms with Crippen molar-refractivity contribution in [2.45, 2.75) is 75.6 Å². The van der Waals surface area contributed by atoms with Crippen LogP contribution < -0.4 is 5.73 Å². The van der Waals surface area contributed by atoms with Gasteiger partial charge in [0.1, 0.15) is 0 Å². The molecule has 2 unspecified atom stereocenters. The third kappa shape index (κ3) is 4.49. The Morgan fingerprint density at radius 2 is 1.85 bits per heavy atom. The van der Waals surface area contributed by atoms with Crippen molar-refractivity contribution >= 4 is 33.3 Å². The number of carbonyl (C=O) groups is 2. The number of hydrogen-bond donors (Lipinski definition) is 1. The van der Waals surface area contributed by atoms with Crippen LogP contribution in [0.4, 0.5) is 0 Å². The van der Waals surface area contributed by atoms with Gasteiger partial charge in [0, 0.05) is 49.4 Å². The topological polar surface area (TPSA) is 101 Å². The molecule has 3 fully saturated rings. The number of carbonyl (C=O) groups excluding carboxylic acids is 2. The minimum Gasteiger partial charge on any atom is -0.369 e. The number of nitrogens with zero attached hydrogens (tertiary/aromatic N) is 2. The molecule has 3 aliphatic rings. The number of hydrogen-bond acceptors (Lipinski definition) is 5. The lowest BCUT2D eigenvalue weighted by Gasteiger charge is -2.47. The van der Waals surface area contributed by atoms with Crippen LogP contribution in [0.1, 0.15) is 62.1 Å². The molecule has 0 radical (unpaired) electrons. The molecule has 0 bridgehead atoms. The van der Waals surface area contributed by atoms with Gasteiger partial charge in [0.2, 0.25) is 11.8 Å². The molecular formula is C25H36ClN3O4S. The molecule has 9 heteroatoms. The molecule has 2 saturated carbocycles. The van der Waals surface area contributed by atoms with Crippen LogP contribution in [-0.4, -0.2) is 67.2 Å². The largest absolute Gasteiger partial charge is 0.369 e. The van der Waals surface area contributed by atoms with Crippen LogP contribution in [0.25, 0.3) is 0 Å². The zero-order chi connectivity index (χ0) is 24.8. The number of amides is 2. The molecule has 3 atom stereocenters. The SMILES string of the molecule is Cc1c(CN2CCN(C(=O)C3CCCC3)[C@@H](C)C2)cc(Cl)cc1C1(C(N)=O)CCC1S(C)(=O)=O. The predicted octanol–water partition coefficient (Wildman–Crippen LogP) is 2.80. The fraction of sp³-hybridized carbons (Fsp3) is 0.680. The summed E-state index contributed by atoms with van der Waals surface area (Å²) < 4.78 is 24.9. The van der Waals surface area contributed by atoms with E-state index in [0.717, 1.165) is 49.9 Å². The molecule has 1 aromatic rings. The highest BCUT2D eigenvalue weighted by Crippen LogP contribution is 2.49. The first-order valence-electron chi connectivity index (χ1n) is 12.3. The monoisotopic (exact) mass is 509 g/mol. The Morgan fingerprint density at radius 1 is 1.18 bits per heavy atom. The Labute approximate surface area is 207 Å². The van der Waals surface area contributed by atoms with Crippen molar-refractivity contribution in [2.24, 2.45) is 11.7 Å². The number of nitrogens with two attached hydrogens (primary N) is 1. The number of sulfone groups is 1. The van der Waals surface area contributed by atoms with Gasteiger partial charge in [-0.05, 0) is 68.4 Å². The normalized spacial score (nSPS) is 28.6. The Morgan fingerprint density at radius 3 is 2.38 bits per heavy atom. The van der Waals surface area contributed by atoms with Gasteiger partial charge in [0.15, 0.2) is 9.84 Å². The van der Waals surface area contributed by atoms with E-state index < -0.39 is 26.4 Å². The van der Waals surface area contributed by atoms with E-state index in [1.54, 1.807) is 6.07 Å². The van der Waals surface area contributed by atoms with Gasteiger partial charge in [0.25, 0.3) is 0 Å². The summed E-state index contributed by atoms with van der Waals surface area (Å²) in [6.07, 6.45) is 6.29. The van der Waals surface area contributed by atoms with Gasteiger partial charge in [-0.3, -0.25) is 14.5 Å². The van der Waals surface area contributed by atoms with Crippen molar-refractivity contribution in [2.75, 3.05) is 25.9 Å². The van der Waals surface area contributed by atoms with E-state index in [4.69, 9.17) is 17.3 Å². The molecule has 1 aliphatic heterocycles. The molecule has 1 heterocycles. The minimum absolute atomic E-state index is 0.124. The zero-order valence-electron chi connectivity index (χ0n) is 20.3. The highest BCUT2D eigenvalue weighted by Gasteiger charge is 2.58. The summed E-state index contributed by atoms with van der Waals surface area (Å²) in [5.41, 5.74) is 7.05. The molecule has 0 spiro atoms. The lowest BCUT2D eigenvalue weighted by atomic mass is 9.62. The molecule has 7 nitrogen and oxygen atoms in total. The number of benzene rings is 1. The molecule has 34 heavy (non-hydrogen) atoms. The number of halogens is 1. The second-order valence-electron chi connectivity index (χ2n) is 10.5. The molecule has 0 aromatic heterocycles. The molecule has 188 valence electrons. The van der Waals surface area contributed by atoms with Gasteiger partial charge in [-0.1, -0.05) is 24.4 Å². The van der Waals surface area contributed by atoms with Gasteiger partial charge >= 0.3 is 0 Å². The van der Waals surface area contributed by atoms with Crippen LogP contribution in [0.3, 0.4) is 0 Å². The average molecular weight is 510 g/mol. The third-order valence-electron chi connectivity index (χ3n) is 8.36. The molecule has 4 rings (SSSR count). The Bertz CT molecular complexity index is 1090. The summed E-state index contributed by atoms with van der Waals surface area (Å²) in [6.45, 7) is 6.86. The van der Waals surface area contributed by atoms with E-state index in [1.807, 2.05) is 17.9 Å². The van der Waals surface area contributed by atoms with Crippen molar-refractivity contribution < 1.29 is 18.0 Å². The number of primary amides is 1. The van der Waals surface area contributed by atoms with Crippen LogP contribution in [0.2, 0.25) is 5.02 Å². The van der Waals surface area contributed by atoms with E-state index in [1.165, 1.54) is 6.26 Å². The second-order valence-corrected chi connectivity index (χ2v) is 13.2. The summed E-state index contributed by atoms with van der Waals surface area (Å²) >= 11 is 6.49. The lowest BCUT2D eigenvalue weighted by Crippen LogP contribution is -2.60. The van der Waals surface area contributed by atoms with Crippen molar-refractivity contribution in [3.8, 4) is 0 Å². The summed E-state index contributed by atoms with van der Waals surface area (Å²) in [5.74, 6) is -0.133. The van der Waals surface area contributed by atoms with Crippen LogP contribution in [-0.2, 0) is 31.4 Å². The molecule has 2 N–H and O–H groups in total. The van der Waals surface area contributed by atoms with Gasteiger partial charge in [-0.15, -0.1) is 0 Å². The summed E-state index contributed by atoms with van der Waals surface area (Å²) in [6, 6.07) is 3.73. The van der Waals surface area contributed by atoms with E-state index in [0.29, 0.717) is 42.4 Å². The van der Waals surface area contributed by atoms with Crippen molar-refractivity contribution in [3.63, 3.8) is 0 Å². The van der Waals surface area contributed by atoms with Crippen LogP contribution in [0.15, 0.2) is 12.1 Å². The molecule has 2 amide bonds. The highest BCUT2D eigenvalue weighted by molar-refractivity contribution is 7.91. The number of piperazine rings is 1. The van der Waals surface area contributed by atoms with E-state index in [-0.39, 0.29) is 12.0 Å². The summed E-state index contributed by atoms with van der Waals surface area (Å²) in [7, 11) is -3.46. The smallest absolute Gasteiger partial charge is 0.229 e. The molecule has 1 aromatic carbocycles. The van der Waals surface area contributed by atoms with Crippen LogP contribution in [0.5, 0.6) is 0 Å². The average Bonchev–Trinajstić information content (AvgIpc) is 3.24. The van der Waals surface area contributed by atoms with Crippen molar-refractivity contribution in [1.82, 2.24) is 9.80 Å². The number of rotatable bonds is 6. The highest BCUT2D eigenvalue weighted by atomic mass is 35.5. The molecule has 1 saturated heterocycles. The van der Waals surface area contributed by atoms with E-state index >= 15 is 0 Å². The standard InChI is InChI=1S/C25H36ClN3O4S/c1-16-14-28(10-11-29(16)23(30)18-6-4-5-7-18)15-19-12-20(26)13-21(17(19)2)25(24(27)31)9-8-22(25)34(3,32)33/h12-13,16,18,22H,4-11,14-15H2,1-3H3,(H2,27,31)/t16-,22?,25?/m0/s1. The van der Waals surface area contributed by atoms with Crippen LogP contribution in [0, 0.1) is 12.8 Å². The van der Waals surface area contributed by atoms with E-state index in [9.17, 15) is 18.0 Å². The van der Waals surface area contributed by atoms with Gasteiger partial charge in [-0.25, -0.2) is 8.42 Å². The summed E-state index contributed by atoms with van der Waals surface area (Å²) in [5, 5.41) is -0.355. The van der Waals surface area contributed by atoms with Gasteiger partial charge in [-0.2, -0.15) is 0 Å². The Balaban J connectivity index is 1.55. The second kappa shape index (κ2) is 9.43. The molecule has 2 aliphatic carbocycles. The van der Waals surface area contributed by atoms with Crippen molar-refractivity contribution in [3.05, 3.63) is 33.8 Å². The minimum atomic E-state index is -3.46. The lowest BCUT2D eigenvalue weighted by molar-refractivity contribution is -0.140. The fourth-order valence-corrected chi connectivity index (χ4v) is 8.25. The predicted molar refractivity (Wildman–Crippen MR) is 133 cm³/mol. The maximum Gasteiger partial charge on any atom is 0.229 e. The first-order valence-corrected chi connectivity index (χ1v) is 14.6. The first kappa shape index (κ1) is 25.5. The quantitative estimate of drug-likeness (QED) is 0.635. The zero-order valence-corrected chi connectivity index (χ0v) is 21.9. The Kier molecular flexibility index (Phi) is 7.06. The van der Waals surface area contributed by atoms with E-state index in [2.05, 4.69) is 11.8 Å². The first-order chi connectivity index (χ1) is 15.9. The molecular weight excluding hydrogens is 474 g/mol. The Hall–Kier alpha value is -1.64. The maximum absolute atomic E-state index is 12.9.